The van der Waals surface area contributed by atoms with Crippen molar-refractivity contribution in [3.63, 3.8) is 0 Å². The predicted octanol–water partition coefficient (Wildman–Crippen LogP) is 6.86. The van der Waals surface area contributed by atoms with Crippen LogP contribution in [0.25, 0.3) is 27.7 Å². The van der Waals surface area contributed by atoms with Crippen molar-refractivity contribution in [1.29, 1.82) is 0 Å². The minimum atomic E-state index is -0.251. The number of hydrogen-bond acceptors (Lipinski definition) is 2. The molecule has 150 valence electrons. The molecule has 0 fully saturated rings. The molecular formula is C26H17BrN2OS. The van der Waals surface area contributed by atoms with Crippen LogP contribution in [0.3, 0.4) is 0 Å². The molecule has 5 rings (SSSR count). The van der Waals surface area contributed by atoms with Crippen LogP contribution in [0.5, 0.6) is 0 Å². The van der Waals surface area contributed by atoms with Crippen molar-refractivity contribution in [2.24, 2.45) is 4.99 Å². The lowest BCUT2D eigenvalue weighted by atomic mass is 10.1. The van der Waals surface area contributed by atoms with Crippen LogP contribution in [-0.4, -0.2) is 10.5 Å². The Labute approximate surface area is 192 Å². The largest absolute Gasteiger partial charge is 0.284 e. The molecule has 5 heteroatoms. The number of amides is 1. The Kier molecular flexibility index (Phi) is 5.37. The Bertz CT molecular complexity index is 1450. The van der Waals surface area contributed by atoms with Crippen molar-refractivity contribution in [3.05, 3.63) is 117 Å². The Morgan fingerprint density at radius 3 is 2.32 bits per heavy atom. The summed E-state index contributed by atoms with van der Waals surface area (Å²) in [4.78, 5) is 18.0. The number of nitrogens with zero attached hydrogens (tertiary/aromatic N) is 2. The van der Waals surface area contributed by atoms with E-state index in [0.717, 1.165) is 32.2 Å². The molecule has 1 heterocycles. The molecule has 0 saturated carbocycles. The van der Waals surface area contributed by atoms with Crippen molar-refractivity contribution in [2.45, 2.75) is 0 Å². The van der Waals surface area contributed by atoms with E-state index in [4.69, 9.17) is 0 Å². The third-order valence-electron chi connectivity index (χ3n) is 5.07. The maximum absolute atomic E-state index is 12.9. The molecule has 0 aliphatic carbocycles. The molecule has 4 aromatic carbocycles. The Morgan fingerprint density at radius 1 is 0.806 bits per heavy atom. The number of carbonyl (C=O) groups excluding carboxylic acids is 1. The van der Waals surface area contributed by atoms with Crippen LogP contribution in [0.1, 0.15) is 10.4 Å². The summed E-state index contributed by atoms with van der Waals surface area (Å²) in [7, 11) is 0. The molecule has 0 aliphatic rings. The second-order valence-corrected chi connectivity index (χ2v) is 8.78. The van der Waals surface area contributed by atoms with Gasteiger partial charge in [-0.2, -0.15) is 4.99 Å². The standard InChI is InChI=1S/C26H17BrN2OS/c27-21-15-13-19(14-16-21)24-17-31-26(28-25(30)20-8-2-1-3-9-20)29(24)23-12-6-10-18-7-4-5-11-22(18)23/h1-17H. The van der Waals surface area contributed by atoms with Crippen LogP contribution in [0.2, 0.25) is 0 Å². The monoisotopic (exact) mass is 484 g/mol. The zero-order valence-corrected chi connectivity index (χ0v) is 18.8. The summed E-state index contributed by atoms with van der Waals surface area (Å²) < 4.78 is 3.10. The van der Waals surface area contributed by atoms with E-state index in [1.54, 1.807) is 12.1 Å². The summed E-state index contributed by atoms with van der Waals surface area (Å²) in [5.41, 5.74) is 3.62. The second-order valence-electron chi connectivity index (χ2n) is 7.03. The number of benzene rings is 4. The van der Waals surface area contributed by atoms with Gasteiger partial charge in [0.2, 0.25) is 0 Å². The number of hydrogen-bond donors (Lipinski definition) is 0. The molecule has 5 aromatic rings. The highest BCUT2D eigenvalue weighted by molar-refractivity contribution is 9.10. The lowest BCUT2D eigenvalue weighted by Crippen LogP contribution is -2.16. The van der Waals surface area contributed by atoms with Crippen LogP contribution >= 0.6 is 27.3 Å². The van der Waals surface area contributed by atoms with E-state index < -0.39 is 0 Å². The van der Waals surface area contributed by atoms with E-state index in [2.05, 4.69) is 67.3 Å². The summed E-state index contributed by atoms with van der Waals surface area (Å²) in [6.07, 6.45) is 0. The third kappa shape index (κ3) is 3.90. The van der Waals surface area contributed by atoms with E-state index >= 15 is 0 Å². The fraction of sp³-hybridized carbons (Fsp3) is 0. The van der Waals surface area contributed by atoms with Gasteiger partial charge in [-0.15, -0.1) is 11.3 Å². The molecule has 1 amide bonds. The number of halogens is 1. The SMILES string of the molecule is O=C(N=c1scc(-c2ccc(Br)cc2)n1-c1cccc2ccccc12)c1ccccc1. The fourth-order valence-corrected chi connectivity index (χ4v) is 4.74. The molecular weight excluding hydrogens is 468 g/mol. The zero-order valence-electron chi connectivity index (χ0n) is 16.4. The van der Waals surface area contributed by atoms with E-state index in [0.29, 0.717) is 10.4 Å². The minimum absolute atomic E-state index is 0.251. The van der Waals surface area contributed by atoms with Crippen LogP contribution in [0.15, 0.2) is 112 Å². The molecule has 0 bridgehead atoms. The Morgan fingerprint density at radius 2 is 1.52 bits per heavy atom. The van der Waals surface area contributed by atoms with Gasteiger partial charge in [-0.25, -0.2) is 0 Å². The van der Waals surface area contributed by atoms with Crippen LogP contribution in [-0.2, 0) is 0 Å². The summed E-state index contributed by atoms with van der Waals surface area (Å²) in [6.45, 7) is 0. The third-order valence-corrected chi connectivity index (χ3v) is 6.43. The molecule has 0 spiro atoms. The maximum atomic E-state index is 12.9. The summed E-state index contributed by atoms with van der Waals surface area (Å²) >= 11 is 4.98. The van der Waals surface area contributed by atoms with Gasteiger partial charge in [-0.3, -0.25) is 9.36 Å². The average Bonchev–Trinajstić information content (AvgIpc) is 3.23. The number of aromatic nitrogens is 1. The van der Waals surface area contributed by atoms with Crippen molar-refractivity contribution >= 4 is 43.9 Å². The molecule has 0 radical (unpaired) electrons. The summed E-state index contributed by atoms with van der Waals surface area (Å²) in [5.74, 6) is -0.251. The van der Waals surface area contributed by atoms with Gasteiger partial charge in [0, 0.05) is 20.8 Å². The van der Waals surface area contributed by atoms with Gasteiger partial charge in [0.1, 0.15) is 0 Å². The summed E-state index contributed by atoms with van der Waals surface area (Å²) in [6, 6.07) is 31.8. The topological polar surface area (TPSA) is 34.4 Å². The van der Waals surface area contributed by atoms with E-state index in [1.807, 2.05) is 48.5 Å². The van der Waals surface area contributed by atoms with Crippen molar-refractivity contribution in [3.8, 4) is 16.9 Å². The number of fused-ring (bicyclic) bond motifs is 1. The van der Waals surface area contributed by atoms with Gasteiger partial charge in [0.25, 0.3) is 5.91 Å². The van der Waals surface area contributed by atoms with Gasteiger partial charge in [-0.05, 0) is 41.3 Å². The second kappa shape index (κ2) is 8.46. The quantitative estimate of drug-likeness (QED) is 0.275. The normalized spacial score (nSPS) is 11.7. The lowest BCUT2D eigenvalue weighted by molar-refractivity contribution is 0.0998. The molecule has 0 atom stereocenters. The molecule has 3 nitrogen and oxygen atoms in total. The predicted molar refractivity (Wildman–Crippen MR) is 131 cm³/mol. The highest BCUT2D eigenvalue weighted by atomic mass is 79.9. The van der Waals surface area contributed by atoms with Crippen LogP contribution < -0.4 is 4.80 Å². The van der Waals surface area contributed by atoms with Crippen LogP contribution in [0.4, 0.5) is 0 Å². The van der Waals surface area contributed by atoms with E-state index in [9.17, 15) is 4.79 Å². The smallest absolute Gasteiger partial charge is 0.279 e. The van der Waals surface area contributed by atoms with Gasteiger partial charge >= 0.3 is 0 Å². The first kappa shape index (κ1) is 19.7. The fourth-order valence-electron chi connectivity index (χ4n) is 3.58. The first-order valence-electron chi connectivity index (χ1n) is 9.79. The van der Waals surface area contributed by atoms with E-state index in [1.165, 1.54) is 11.3 Å². The Balaban J connectivity index is 1.78. The highest BCUT2D eigenvalue weighted by Gasteiger charge is 2.14. The van der Waals surface area contributed by atoms with Gasteiger partial charge in [0.15, 0.2) is 4.80 Å². The van der Waals surface area contributed by atoms with Gasteiger partial charge in [-0.1, -0.05) is 82.7 Å². The molecule has 0 aliphatic heterocycles. The van der Waals surface area contributed by atoms with E-state index in [-0.39, 0.29) is 5.91 Å². The first-order chi connectivity index (χ1) is 15.2. The molecule has 0 unspecified atom stereocenters. The molecule has 0 saturated heterocycles. The Hall–Kier alpha value is -3.28. The maximum Gasteiger partial charge on any atom is 0.279 e. The molecule has 31 heavy (non-hydrogen) atoms. The number of rotatable bonds is 3. The van der Waals surface area contributed by atoms with Crippen molar-refractivity contribution in [2.75, 3.05) is 0 Å². The molecule has 1 aromatic heterocycles. The highest BCUT2D eigenvalue weighted by Crippen LogP contribution is 2.29. The van der Waals surface area contributed by atoms with Crippen molar-refractivity contribution in [1.82, 2.24) is 4.57 Å². The first-order valence-corrected chi connectivity index (χ1v) is 11.5. The number of carbonyl (C=O) groups is 1. The van der Waals surface area contributed by atoms with Gasteiger partial charge < -0.3 is 0 Å². The average molecular weight is 485 g/mol. The lowest BCUT2D eigenvalue weighted by Gasteiger charge is -2.12. The zero-order chi connectivity index (χ0) is 21.2. The van der Waals surface area contributed by atoms with Gasteiger partial charge in [0.05, 0.1) is 11.4 Å². The minimum Gasteiger partial charge on any atom is -0.284 e. The summed E-state index contributed by atoms with van der Waals surface area (Å²) in [5, 5.41) is 4.30. The van der Waals surface area contributed by atoms with Crippen LogP contribution in [0, 0.1) is 0 Å². The number of thiazole rings is 1. The van der Waals surface area contributed by atoms with Crippen molar-refractivity contribution < 1.29 is 4.79 Å². The molecule has 0 N–H and O–H groups in total.